The molecule has 0 atom stereocenters. The molecule has 2 N–H and O–H groups in total. The molecular weight excluding hydrogens is 442 g/mol. The van der Waals surface area contributed by atoms with Gasteiger partial charge in [-0.3, -0.25) is 9.52 Å². The number of nitrogens with zero attached hydrogens (tertiary/aromatic N) is 1. The zero-order valence-corrected chi connectivity index (χ0v) is 18.9. The van der Waals surface area contributed by atoms with E-state index in [4.69, 9.17) is 4.74 Å². The van der Waals surface area contributed by atoms with Crippen LogP contribution in [0.25, 0.3) is 20.3 Å². The summed E-state index contributed by atoms with van der Waals surface area (Å²) in [5, 5.41) is 6.63. The standard InChI is InChI=1S/C20H19N3O4S3/c1-11-4-5-13(8-15(11)23-30(3,25)26)22-18(24)10-27-16-9-17-19(21-12(2)29-17)20-14(16)6-7-28-20/h4-9,23H,10H2,1-3H3,(H,22,24). The number of thiazole rings is 1. The lowest BCUT2D eigenvalue weighted by Crippen LogP contribution is -2.20. The SMILES string of the molecule is Cc1nc2c(cc(OCC(=O)Nc3ccc(C)c(NS(C)(=O)=O)c3)c3ccsc32)s1. The molecule has 156 valence electrons. The number of thiophene rings is 1. The smallest absolute Gasteiger partial charge is 0.262 e. The van der Waals surface area contributed by atoms with Gasteiger partial charge in [0, 0.05) is 17.1 Å². The fraction of sp³-hybridized carbons (Fsp3) is 0.200. The largest absolute Gasteiger partial charge is 0.483 e. The van der Waals surface area contributed by atoms with Crippen molar-refractivity contribution in [1.82, 2.24) is 4.98 Å². The maximum absolute atomic E-state index is 12.4. The summed E-state index contributed by atoms with van der Waals surface area (Å²) in [5.41, 5.74) is 2.62. The second kappa shape index (κ2) is 7.86. The summed E-state index contributed by atoms with van der Waals surface area (Å²) >= 11 is 3.18. The van der Waals surface area contributed by atoms with Crippen LogP contribution in [0.1, 0.15) is 10.6 Å². The van der Waals surface area contributed by atoms with E-state index in [-0.39, 0.29) is 12.5 Å². The van der Waals surface area contributed by atoms with Gasteiger partial charge < -0.3 is 10.1 Å². The minimum absolute atomic E-state index is 0.170. The Kier molecular flexibility index (Phi) is 5.39. The van der Waals surface area contributed by atoms with E-state index in [0.717, 1.165) is 37.1 Å². The van der Waals surface area contributed by atoms with Gasteiger partial charge in [-0.2, -0.15) is 0 Å². The predicted octanol–water partition coefficient (Wildman–Crippen LogP) is 4.52. The Balaban J connectivity index is 1.50. The number of anilines is 2. The number of aromatic nitrogens is 1. The number of amides is 1. The highest BCUT2D eigenvalue weighted by atomic mass is 32.2. The van der Waals surface area contributed by atoms with E-state index in [1.54, 1.807) is 47.8 Å². The van der Waals surface area contributed by atoms with Crippen molar-refractivity contribution >= 4 is 70.3 Å². The highest BCUT2D eigenvalue weighted by Crippen LogP contribution is 2.38. The molecule has 0 aliphatic heterocycles. The minimum atomic E-state index is -3.41. The van der Waals surface area contributed by atoms with Crippen molar-refractivity contribution in [3.63, 3.8) is 0 Å². The number of benzene rings is 2. The van der Waals surface area contributed by atoms with Crippen LogP contribution in [0.5, 0.6) is 5.75 Å². The van der Waals surface area contributed by atoms with Crippen LogP contribution in [0.3, 0.4) is 0 Å². The quantitative estimate of drug-likeness (QED) is 0.440. The lowest BCUT2D eigenvalue weighted by Gasteiger charge is -2.12. The fourth-order valence-electron chi connectivity index (χ4n) is 3.06. The second-order valence-corrected chi connectivity index (χ2v) is 10.8. The van der Waals surface area contributed by atoms with Gasteiger partial charge in [-0.25, -0.2) is 13.4 Å². The van der Waals surface area contributed by atoms with E-state index in [1.165, 1.54) is 0 Å². The van der Waals surface area contributed by atoms with E-state index < -0.39 is 10.0 Å². The van der Waals surface area contributed by atoms with Crippen molar-refractivity contribution < 1.29 is 17.9 Å². The Morgan fingerprint density at radius 1 is 1.20 bits per heavy atom. The van der Waals surface area contributed by atoms with Crippen molar-refractivity contribution in [2.24, 2.45) is 0 Å². The zero-order valence-electron chi connectivity index (χ0n) is 16.5. The summed E-state index contributed by atoms with van der Waals surface area (Å²) in [6.07, 6.45) is 1.08. The Bertz CT molecular complexity index is 1370. The number of carbonyl (C=O) groups excluding carboxylic acids is 1. The van der Waals surface area contributed by atoms with Gasteiger partial charge in [-0.05, 0) is 43.0 Å². The van der Waals surface area contributed by atoms with Crippen molar-refractivity contribution in [3.8, 4) is 5.75 Å². The van der Waals surface area contributed by atoms with Crippen LogP contribution >= 0.6 is 22.7 Å². The van der Waals surface area contributed by atoms with Gasteiger partial charge in [0.1, 0.15) is 5.75 Å². The molecule has 4 rings (SSSR count). The van der Waals surface area contributed by atoms with Crippen LogP contribution in [-0.2, 0) is 14.8 Å². The van der Waals surface area contributed by atoms with Crippen LogP contribution in [0.2, 0.25) is 0 Å². The summed E-state index contributed by atoms with van der Waals surface area (Å²) < 4.78 is 33.3. The molecule has 0 radical (unpaired) electrons. The lowest BCUT2D eigenvalue weighted by atomic mass is 10.2. The van der Waals surface area contributed by atoms with Gasteiger partial charge in [0.05, 0.1) is 31.9 Å². The molecule has 2 heterocycles. The molecule has 0 saturated heterocycles. The maximum atomic E-state index is 12.4. The van der Waals surface area contributed by atoms with Crippen molar-refractivity contribution in [2.45, 2.75) is 13.8 Å². The summed E-state index contributed by atoms with van der Waals surface area (Å²) in [5.74, 6) is 0.300. The summed E-state index contributed by atoms with van der Waals surface area (Å²) in [6, 6.07) is 8.91. The molecule has 0 fully saturated rings. The molecule has 0 aliphatic carbocycles. The normalized spacial score (nSPS) is 11.7. The average molecular weight is 462 g/mol. The van der Waals surface area contributed by atoms with Gasteiger partial charge in [0.2, 0.25) is 10.0 Å². The number of ether oxygens (including phenoxy) is 1. The van der Waals surface area contributed by atoms with Crippen molar-refractivity contribution in [2.75, 3.05) is 22.9 Å². The number of aryl methyl sites for hydroxylation is 2. The molecule has 0 saturated carbocycles. The fourth-order valence-corrected chi connectivity index (χ4v) is 5.51. The van der Waals surface area contributed by atoms with Crippen molar-refractivity contribution in [3.05, 3.63) is 46.3 Å². The van der Waals surface area contributed by atoms with E-state index >= 15 is 0 Å². The van der Waals surface area contributed by atoms with E-state index in [1.807, 2.05) is 24.4 Å². The zero-order chi connectivity index (χ0) is 21.5. The van der Waals surface area contributed by atoms with Crippen LogP contribution in [-0.4, -0.2) is 32.2 Å². The van der Waals surface area contributed by atoms with Gasteiger partial charge in [-0.1, -0.05) is 6.07 Å². The van der Waals surface area contributed by atoms with Gasteiger partial charge in [0.15, 0.2) is 6.61 Å². The van der Waals surface area contributed by atoms with Gasteiger partial charge >= 0.3 is 0 Å². The molecule has 0 spiro atoms. The number of rotatable bonds is 6. The second-order valence-electron chi connectivity index (χ2n) is 6.86. The Morgan fingerprint density at radius 3 is 2.77 bits per heavy atom. The van der Waals surface area contributed by atoms with Crippen molar-refractivity contribution in [1.29, 1.82) is 0 Å². The summed E-state index contributed by atoms with van der Waals surface area (Å²) in [6.45, 7) is 3.58. The molecule has 10 heteroatoms. The highest BCUT2D eigenvalue weighted by Gasteiger charge is 2.14. The monoisotopic (exact) mass is 461 g/mol. The summed E-state index contributed by atoms with van der Waals surface area (Å²) in [7, 11) is -3.41. The Morgan fingerprint density at radius 2 is 2.00 bits per heavy atom. The third-order valence-corrected chi connectivity index (χ3v) is 6.77. The number of hydrogen-bond acceptors (Lipinski definition) is 7. The first kappa shape index (κ1) is 20.6. The van der Waals surface area contributed by atoms with E-state index in [9.17, 15) is 13.2 Å². The van der Waals surface area contributed by atoms with E-state index in [2.05, 4.69) is 15.0 Å². The number of sulfonamides is 1. The van der Waals surface area contributed by atoms with Gasteiger partial charge in [-0.15, -0.1) is 22.7 Å². The molecule has 0 unspecified atom stereocenters. The highest BCUT2D eigenvalue weighted by molar-refractivity contribution is 7.92. The minimum Gasteiger partial charge on any atom is -0.483 e. The number of nitrogens with one attached hydrogen (secondary N) is 2. The molecule has 4 aromatic rings. The third kappa shape index (κ3) is 4.40. The van der Waals surface area contributed by atoms with Crippen LogP contribution in [0.15, 0.2) is 35.7 Å². The molecule has 30 heavy (non-hydrogen) atoms. The van der Waals surface area contributed by atoms with Crippen LogP contribution < -0.4 is 14.8 Å². The van der Waals surface area contributed by atoms with E-state index in [0.29, 0.717) is 17.1 Å². The van der Waals surface area contributed by atoms with Crippen LogP contribution in [0.4, 0.5) is 11.4 Å². The molecule has 0 bridgehead atoms. The molecule has 2 aromatic carbocycles. The topological polar surface area (TPSA) is 97.4 Å². The average Bonchev–Trinajstić information content (AvgIpc) is 3.27. The number of carbonyl (C=O) groups is 1. The Labute approximate surface area is 181 Å². The molecular formula is C20H19N3O4S3. The van der Waals surface area contributed by atoms with Gasteiger partial charge in [0.25, 0.3) is 5.91 Å². The maximum Gasteiger partial charge on any atom is 0.262 e. The molecule has 1 amide bonds. The summed E-state index contributed by atoms with van der Waals surface area (Å²) in [4.78, 5) is 17.0. The molecule has 0 aliphatic rings. The molecule has 7 nitrogen and oxygen atoms in total. The first-order valence-corrected chi connectivity index (χ1v) is 12.6. The third-order valence-electron chi connectivity index (χ3n) is 4.34. The number of hydrogen-bond donors (Lipinski definition) is 2. The number of fused-ring (bicyclic) bond motifs is 3. The predicted molar refractivity (Wildman–Crippen MR) is 124 cm³/mol. The van der Waals surface area contributed by atoms with Crippen LogP contribution in [0, 0.1) is 13.8 Å². The first-order valence-electron chi connectivity index (χ1n) is 8.98. The first-order chi connectivity index (χ1) is 14.2. The Hall–Kier alpha value is -2.69. The molecule has 2 aromatic heterocycles. The lowest BCUT2D eigenvalue weighted by molar-refractivity contribution is -0.118.